The summed E-state index contributed by atoms with van der Waals surface area (Å²) in [5.41, 5.74) is 0.201. The van der Waals surface area contributed by atoms with Crippen LogP contribution in [0.25, 0.3) is 0 Å². The fourth-order valence-corrected chi connectivity index (χ4v) is 1.80. The highest BCUT2D eigenvalue weighted by atomic mass is 35.5. The van der Waals surface area contributed by atoms with E-state index in [0.29, 0.717) is 6.42 Å². The van der Waals surface area contributed by atoms with Crippen molar-refractivity contribution in [2.75, 3.05) is 6.54 Å². The Morgan fingerprint density at radius 3 is 2.68 bits per heavy atom. The number of hydrogen-bond acceptors (Lipinski definition) is 2. The molecule has 0 radical (unpaired) electrons. The molecule has 0 saturated heterocycles. The van der Waals surface area contributed by atoms with Crippen molar-refractivity contribution >= 4 is 23.5 Å². The van der Waals surface area contributed by atoms with E-state index in [9.17, 15) is 14.0 Å². The number of benzene rings is 1. The standard InChI is InChI=1S/C13H15ClFNO3/c1-2-3-9(13(18)19)7-16-12(17)8-4-5-11(15)10(14)6-8/h4-6,9H,2-3,7H2,1H3,(H,16,17)(H,18,19). The van der Waals surface area contributed by atoms with Crippen LogP contribution in [0.15, 0.2) is 18.2 Å². The van der Waals surface area contributed by atoms with Crippen molar-refractivity contribution in [2.45, 2.75) is 19.8 Å². The maximum absolute atomic E-state index is 12.9. The SMILES string of the molecule is CCCC(CNC(=O)c1ccc(F)c(Cl)c1)C(=O)O. The molecule has 0 bridgehead atoms. The van der Waals surface area contributed by atoms with Crippen LogP contribution in [0.4, 0.5) is 4.39 Å². The number of aliphatic carboxylic acids is 1. The van der Waals surface area contributed by atoms with Gasteiger partial charge in [-0.1, -0.05) is 24.9 Å². The van der Waals surface area contributed by atoms with Gasteiger partial charge >= 0.3 is 5.97 Å². The lowest BCUT2D eigenvalue weighted by molar-refractivity contribution is -0.141. The Bertz CT molecular complexity index is 479. The van der Waals surface area contributed by atoms with Crippen LogP contribution >= 0.6 is 11.6 Å². The van der Waals surface area contributed by atoms with E-state index in [0.717, 1.165) is 12.5 Å². The van der Waals surface area contributed by atoms with Crippen molar-refractivity contribution in [3.63, 3.8) is 0 Å². The van der Waals surface area contributed by atoms with Gasteiger partial charge in [-0.3, -0.25) is 9.59 Å². The maximum atomic E-state index is 12.9. The monoisotopic (exact) mass is 287 g/mol. The molecule has 6 heteroatoms. The van der Waals surface area contributed by atoms with Gasteiger partial charge in [0.05, 0.1) is 10.9 Å². The van der Waals surface area contributed by atoms with Gasteiger partial charge in [-0.15, -0.1) is 0 Å². The Balaban J connectivity index is 2.63. The van der Waals surface area contributed by atoms with Gasteiger partial charge in [-0.05, 0) is 24.6 Å². The number of carboxylic acids is 1. The molecular weight excluding hydrogens is 273 g/mol. The van der Waals surface area contributed by atoms with E-state index in [4.69, 9.17) is 16.7 Å². The van der Waals surface area contributed by atoms with E-state index in [-0.39, 0.29) is 17.1 Å². The summed E-state index contributed by atoms with van der Waals surface area (Å²) >= 11 is 5.57. The third-order valence-corrected chi connectivity index (χ3v) is 2.97. The quantitative estimate of drug-likeness (QED) is 0.845. The summed E-state index contributed by atoms with van der Waals surface area (Å²) in [6, 6.07) is 3.60. The number of nitrogens with one attached hydrogen (secondary N) is 1. The van der Waals surface area contributed by atoms with Crippen molar-refractivity contribution in [1.29, 1.82) is 0 Å². The molecule has 0 saturated carbocycles. The Kier molecular flexibility index (Phi) is 5.76. The first-order chi connectivity index (χ1) is 8.95. The summed E-state index contributed by atoms with van der Waals surface area (Å²) in [6.45, 7) is 1.91. The molecule has 0 aliphatic heterocycles. The van der Waals surface area contributed by atoms with Gasteiger partial charge in [0.1, 0.15) is 5.82 Å². The number of carbonyl (C=O) groups is 2. The summed E-state index contributed by atoms with van der Waals surface area (Å²) in [7, 11) is 0. The van der Waals surface area contributed by atoms with E-state index in [2.05, 4.69) is 5.32 Å². The third kappa shape index (κ3) is 4.52. The molecular formula is C13H15ClFNO3. The number of halogens is 2. The number of amides is 1. The van der Waals surface area contributed by atoms with Crippen molar-refractivity contribution in [3.8, 4) is 0 Å². The van der Waals surface area contributed by atoms with Crippen LogP contribution in [0, 0.1) is 11.7 Å². The molecule has 4 nitrogen and oxygen atoms in total. The summed E-state index contributed by atoms with van der Waals surface area (Å²) in [5, 5.41) is 11.3. The first kappa shape index (κ1) is 15.4. The highest BCUT2D eigenvalue weighted by Crippen LogP contribution is 2.16. The van der Waals surface area contributed by atoms with E-state index in [1.807, 2.05) is 6.92 Å². The van der Waals surface area contributed by atoms with Gasteiger partial charge in [-0.2, -0.15) is 0 Å². The second-order valence-corrected chi connectivity index (χ2v) is 4.57. The molecule has 0 aromatic heterocycles. The fourth-order valence-electron chi connectivity index (χ4n) is 1.62. The zero-order valence-electron chi connectivity index (χ0n) is 10.5. The van der Waals surface area contributed by atoms with E-state index in [1.165, 1.54) is 12.1 Å². The van der Waals surface area contributed by atoms with Gasteiger partial charge < -0.3 is 10.4 Å². The van der Waals surface area contributed by atoms with E-state index < -0.39 is 23.6 Å². The molecule has 1 amide bonds. The zero-order chi connectivity index (χ0) is 14.4. The van der Waals surface area contributed by atoms with Crippen LogP contribution in [0.5, 0.6) is 0 Å². The minimum absolute atomic E-state index is 0.0387. The zero-order valence-corrected chi connectivity index (χ0v) is 11.2. The summed E-state index contributed by atoms with van der Waals surface area (Å²) in [4.78, 5) is 22.7. The highest BCUT2D eigenvalue weighted by molar-refractivity contribution is 6.31. The van der Waals surface area contributed by atoms with Gasteiger partial charge in [0, 0.05) is 12.1 Å². The van der Waals surface area contributed by atoms with Gasteiger partial charge in [-0.25, -0.2) is 4.39 Å². The Morgan fingerprint density at radius 1 is 1.47 bits per heavy atom. The van der Waals surface area contributed by atoms with Crippen molar-refractivity contribution in [3.05, 3.63) is 34.6 Å². The minimum Gasteiger partial charge on any atom is -0.481 e. The molecule has 1 unspecified atom stereocenters. The first-order valence-corrected chi connectivity index (χ1v) is 6.29. The highest BCUT2D eigenvalue weighted by Gasteiger charge is 2.18. The predicted molar refractivity (Wildman–Crippen MR) is 69.8 cm³/mol. The molecule has 1 aromatic carbocycles. The Morgan fingerprint density at radius 2 is 2.16 bits per heavy atom. The van der Waals surface area contributed by atoms with Gasteiger partial charge in [0.2, 0.25) is 0 Å². The van der Waals surface area contributed by atoms with E-state index >= 15 is 0 Å². The smallest absolute Gasteiger partial charge is 0.308 e. The number of rotatable bonds is 6. The molecule has 104 valence electrons. The molecule has 0 aliphatic carbocycles. The Labute approximate surface area is 115 Å². The van der Waals surface area contributed by atoms with Crippen LogP contribution in [-0.4, -0.2) is 23.5 Å². The second kappa shape index (κ2) is 7.09. The minimum atomic E-state index is -0.945. The van der Waals surface area contributed by atoms with Crippen LogP contribution in [-0.2, 0) is 4.79 Å². The summed E-state index contributed by atoms with van der Waals surface area (Å²) < 4.78 is 12.9. The van der Waals surface area contributed by atoms with Crippen molar-refractivity contribution < 1.29 is 19.1 Å². The molecule has 0 heterocycles. The third-order valence-electron chi connectivity index (χ3n) is 2.68. The maximum Gasteiger partial charge on any atom is 0.308 e. The number of hydrogen-bond donors (Lipinski definition) is 2. The van der Waals surface area contributed by atoms with Gasteiger partial charge in [0.15, 0.2) is 0 Å². The van der Waals surface area contributed by atoms with Crippen LogP contribution in [0.1, 0.15) is 30.1 Å². The lowest BCUT2D eigenvalue weighted by Crippen LogP contribution is -2.32. The van der Waals surface area contributed by atoms with E-state index in [1.54, 1.807) is 0 Å². The molecule has 1 rings (SSSR count). The molecule has 0 spiro atoms. The molecule has 1 atom stereocenters. The average Bonchev–Trinajstić information content (AvgIpc) is 2.37. The molecule has 2 N–H and O–H groups in total. The topological polar surface area (TPSA) is 66.4 Å². The first-order valence-electron chi connectivity index (χ1n) is 5.91. The lowest BCUT2D eigenvalue weighted by atomic mass is 10.0. The summed E-state index contributed by atoms with van der Waals surface area (Å²) in [5.74, 6) is -2.64. The van der Waals surface area contributed by atoms with Crippen molar-refractivity contribution in [1.82, 2.24) is 5.32 Å². The molecule has 19 heavy (non-hydrogen) atoms. The van der Waals surface area contributed by atoms with Crippen LogP contribution < -0.4 is 5.32 Å². The van der Waals surface area contributed by atoms with Gasteiger partial charge in [0.25, 0.3) is 5.91 Å². The largest absolute Gasteiger partial charge is 0.481 e. The second-order valence-electron chi connectivity index (χ2n) is 4.16. The molecule has 0 fully saturated rings. The predicted octanol–water partition coefficient (Wildman–Crippen LogP) is 2.71. The number of carboxylic acid groups (broad SMARTS) is 1. The number of carbonyl (C=O) groups excluding carboxylic acids is 1. The normalized spacial score (nSPS) is 11.9. The lowest BCUT2D eigenvalue weighted by Gasteiger charge is -2.12. The molecule has 0 aliphatic rings. The van der Waals surface area contributed by atoms with Crippen molar-refractivity contribution in [2.24, 2.45) is 5.92 Å². The van der Waals surface area contributed by atoms with Crippen LogP contribution in [0.3, 0.4) is 0 Å². The average molecular weight is 288 g/mol. The summed E-state index contributed by atoms with van der Waals surface area (Å²) in [6.07, 6.45) is 1.20. The Hall–Kier alpha value is -1.62. The fraction of sp³-hybridized carbons (Fsp3) is 0.385. The van der Waals surface area contributed by atoms with Crippen LogP contribution in [0.2, 0.25) is 5.02 Å². The molecule has 1 aromatic rings.